The lowest BCUT2D eigenvalue weighted by molar-refractivity contribution is -0.122. The van der Waals surface area contributed by atoms with E-state index in [0.29, 0.717) is 18.9 Å². The number of hydrogen-bond donors (Lipinski definition) is 2. The van der Waals surface area contributed by atoms with Gasteiger partial charge in [0.1, 0.15) is 0 Å². The summed E-state index contributed by atoms with van der Waals surface area (Å²) in [5.74, 6) is 0.668. The fourth-order valence-corrected chi connectivity index (χ4v) is 3.04. The van der Waals surface area contributed by atoms with Gasteiger partial charge in [0.05, 0.1) is 6.04 Å². The van der Waals surface area contributed by atoms with E-state index in [0.717, 1.165) is 5.02 Å². The average molecular weight is 295 g/mol. The number of halogens is 1. The lowest BCUT2D eigenvalue weighted by atomic mass is 9.91. The van der Waals surface area contributed by atoms with E-state index in [1.165, 1.54) is 31.2 Å². The number of carbonyl (C=O) groups excluding carboxylic acids is 1. The Labute approximate surface area is 126 Å². The molecule has 1 aliphatic carbocycles. The molecule has 4 heteroatoms. The van der Waals surface area contributed by atoms with Gasteiger partial charge in [-0.25, -0.2) is 0 Å². The molecular weight excluding hydrogens is 272 g/mol. The average Bonchev–Trinajstić information content (AvgIpc) is 2.97. The Balaban J connectivity index is 2.07. The zero-order valence-corrected chi connectivity index (χ0v) is 12.7. The second-order valence-electron chi connectivity index (χ2n) is 5.49. The molecule has 0 saturated heterocycles. The van der Waals surface area contributed by atoms with Gasteiger partial charge >= 0.3 is 0 Å². The van der Waals surface area contributed by atoms with Gasteiger partial charge in [-0.15, -0.1) is 0 Å². The third-order valence-electron chi connectivity index (χ3n) is 4.02. The Bertz CT molecular complexity index is 427. The summed E-state index contributed by atoms with van der Waals surface area (Å²) < 4.78 is 0. The van der Waals surface area contributed by atoms with Crippen molar-refractivity contribution in [3.63, 3.8) is 0 Å². The van der Waals surface area contributed by atoms with E-state index in [1.54, 1.807) is 0 Å². The minimum atomic E-state index is 0.117. The molecule has 1 aliphatic rings. The maximum absolute atomic E-state index is 12.0. The lowest BCUT2D eigenvalue weighted by Crippen LogP contribution is -2.34. The SMILES string of the molecule is CNCCC(=O)NC(c1ccc(Cl)cc1)C1CCCC1. The molecule has 1 aromatic carbocycles. The van der Waals surface area contributed by atoms with Gasteiger partial charge in [0.15, 0.2) is 0 Å². The van der Waals surface area contributed by atoms with E-state index < -0.39 is 0 Å². The molecule has 1 aromatic rings. The molecule has 2 N–H and O–H groups in total. The van der Waals surface area contributed by atoms with Crippen molar-refractivity contribution in [1.29, 1.82) is 0 Å². The van der Waals surface area contributed by atoms with Crippen LogP contribution in [-0.4, -0.2) is 19.5 Å². The smallest absolute Gasteiger partial charge is 0.221 e. The summed E-state index contributed by atoms with van der Waals surface area (Å²) in [4.78, 5) is 12.0. The van der Waals surface area contributed by atoms with Crippen LogP contribution in [0.1, 0.15) is 43.7 Å². The van der Waals surface area contributed by atoms with Gasteiger partial charge in [-0.2, -0.15) is 0 Å². The van der Waals surface area contributed by atoms with Crippen molar-refractivity contribution >= 4 is 17.5 Å². The first-order valence-electron chi connectivity index (χ1n) is 7.40. The molecule has 20 heavy (non-hydrogen) atoms. The van der Waals surface area contributed by atoms with E-state index in [4.69, 9.17) is 11.6 Å². The molecule has 0 aliphatic heterocycles. The molecule has 2 rings (SSSR count). The molecule has 0 spiro atoms. The van der Waals surface area contributed by atoms with Gasteiger partial charge < -0.3 is 10.6 Å². The minimum absolute atomic E-state index is 0.117. The molecule has 1 fully saturated rings. The second-order valence-corrected chi connectivity index (χ2v) is 5.93. The molecular formula is C16H23ClN2O. The van der Waals surface area contributed by atoms with Crippen molar-refractivity contribution in [2.75, 3.05) is 13.6 Å². The van der Waals surface area contributed by atoms with Gasteiger partial charge in [0, 0.05) is 18.0 Å². The third kappa shape index (κ3) is 4.22. The fraction of sp³-hybridized carbons (Fsp3) is 0.562. The summed E-state index contributed by atoms with van der Waals surface area (Å²) in [5, 5.41) is 6.95. The van der Waals surface area contributed by atoms with Crippen LogP contribution in [0, 0.1) is 5.92 Å². The van der Waals surface area contributed by atoms with E-state index in [-0.39, 0.29) is 11.9 Å². The Morgan fingerprint density at radius 2 is 1.95 bits per heavy atom. The zero-order valence-electron chi connectivity index (χ0n) is 12.0. The minimum Gasteiger partial charge on any atom is -0.349 e. The van der Waals surface area contributed by atoms with Crippen LogP contribution in [0.3, 0.4) is 0 Å². The number of hydrogen-bond acceptors (Lipinski definition) is 2. The number of benzene rings is 1. The highest BCUT2D eigenvalue weighted by Gasteiger charge is 2.27. The highest BCUT2D eigenvalue weighted by molar-refractivity contribution is 6.30. The summed E-state index contributed by atoms with van der Waals surface area (Å²) >= 11 is 5.95. The van der Waals surface area contributed by atoms with Crippen LogP contribution in [0.25, 0.3) is 0 Å². The molecule has 3 nitrogen and oxygen atoms in total. The second kappa shape index (κ2) is 7.65. The normalized spacial score (nSPS) is 17.1. The Morgan fingerprint density at radius 3 is 2.55 bits per heavy atom. The van der Waals surface area contributed by atoms with E-state index >= 15 is 0 Å². The quantitative estimate of drug-likeness (QED) is 0.845. The van der Waals surface area contributed by atoms with E-state index in [2.05, 4.69) is 10.6 Å². The molecule has 1 atom stereocenters. The molecule has 0 heterocycles. The Morgan fingerprint density at radius 1 is 1.30 bits per heavy atom. The first-order chi connectivity index (χ1) is 9.70. The zero-order chi connectivity index (χ0) is 14.4. The molecule has 0 radical (unpaired) electrons. The Hall–Kier alpha value is -1.06. The first kappa shape index (κ1) is 15.3. The summed E-state index contributed by atoms with van der Waals surface area (Å²) in [6.45, 7) is 0.712. The number of nitrogens with one attached hydrogen (secondary N) is 2. The molecule has 1 amide bonds. The van der Waals surface area contributed by atoms with E-state index in [9.17, 15) is 4.79 Å². The molecule has 0 aromatic heterocycles. The van der Waals surface area contributed by atoms with E-state index in [1.807, 2.05) is 31.3 Å². The van der Waals surface area contributed by atoms with Gasteiger partial charge in [-0.1, -0.05) is 36.6 Å². The lowest BCUT2D eigenvalue weighted by Gasteiger charge is -2.25. The monoisotopic (exact) mass is 294 g/mol. The summed E-state index contributed by atoms with van der Waals surface area (Å²) in [5.41, 5.74) is 1.17. The van der Waals surface area contributed by atoms with Gasteiger partial charge in [-0.3, -0.25) is 4.79 Å². The first-order valence-corrected chi connectivity index (χ1v) is 7.78. The van der Waals surface area contributed by atoms with Crippen LogP contribution < -0.4 is 10.6 Å². The van der Waals surface area contributed by atoms with Gasteiger partial charge in [0.25, 0.3) is 0 Å². The highest BCUT2D eigenvalue weighted by Crippen LogP contribution is 2.36. The van der Waals surface area contributed by atoms with Crippen LogP contribution in [0.4, 0.5) is 0 Å². The standard InChI is InChI=1S/C16H23ClN2O/c1-18-11-10-15(20)19-16(12-4-2-3-5-12)13-6-8-14(17)9-7-13/h6-9,12,16,18H,2-5,10-11H2,1H3,(H,19,20). The van der Waals surface area contributed by atoms with Crippen LogP contribution in [0.15, 0.2) is 24.3 Å². The van der Waals surface area contributed by atoms with Crippen molar-refractivity contribution in [3.8, 4) is 0 Å². The summed E-state index contributed by atoms with van der Waals surface area (Å²) in [6.07, 6.45) is 5.44. The van der Waals surface area contributed by atoms with Crippen molar-refractivity contribution in [3.05, 3.63) is 34.9 Å². The van der Waals surface area contributed by atoms with Crippen molar-refractivity contribution in [2.24, 2.45) is 5.92 Å². The van der Waals surface area contributed by atoms with Crippen molar-refractivity contribution < 1.29 is 4.79 Å². The number of carbonyl (C=O) groups is 1. The maximum Gasteiger partial charge on any atom is 0.221 e. The molecule has 1 unspecified atom stereocenters. The Kier molecular flexibility index (Phi) is 5.86. The third-order valence-corrected chi connectivity index (χ3v) is 4.27. The highest BCUT2D eigenvalue weighted by atomic mass is 35.5. The van der Waals surface area contributed by atoms with Crippen molar-refractivity contribution in [2.45, 2.75) is 38.1 Å². The van der Waals surface area contributed by atoms with Crippen molar-refractivity contribution in [1.82, 2.24) is 10.6 Å². The van der Waals surface area contributed by atoms with Crippen LogP contribution in [0.5, 0.6) is 0 Å². The van der Waals surface area contributed by atoms with Gasteiger partial charge in [0.2, 0.25) is 5.91 Å². The molecule has 110 valence electrons. The van der Waals surface area contributed by atoms with Gasteiger partial charge in [-0.05, 0) is 43.5 Å². The maximum atomic E-state index is 12.0. The molecule has 1 saturated carbocycles. The number of rotatable bonds is 6. The van der Waals surface area contributed by atoms with Crippen LogP contribution in [0.2, 0.25) is 5.02 Å². The topological polar surface area (TPSA) is 41.1 Å². The predicted octanol–water partition coefficient (Wildman–Crippen LogP) is 3.30. The largest absolute Gasteiger partial charge is 0.349 e. The number of amides is 1. The van der Waals surface area contributed by atoms with Crippen LogP contribution >= 0.6 is 11.6 Å². The van der Waals surface area contributed by atoms with Crippen LogP contribution in [-0.2, 0) is 4.79 Å². The summed E-state index contributed by atoms with van der Waals surface area (Å²) in [7, 11) is 1.86. The fourth-order valence-electron chi connectivity index (χ4n) is 2.92. The predicted molar refractivity (Wildman–Crippen MR) is 82.8 cm³/mol. The summed E-state index contributed by atoms with van der Waals surface area (Å²) in [6, 6.07) is 7.99. The molecule has 0 bridgehead atoms.